The van der Waals surface area contributed by atoms with Gasteiger partial charge >= 0.3 is 0 Å². The number of aromatic nitrogens is 1. The Hall–Kier alpha value is -3.87. The van der Waals surface area contributed by atoms with Crippen LogP contribution in [0.2, 0.25) is 0 Å². The van der Waals surface area contributed by atoms with E-state index in [4.69, 9.17) is 9.47 Å². The third-order valence-electron chi connectivity index (χ3n) is 5.66. The molecule has 1 aromatic heterocycles. The molecule has 33 heavy (non-hydrogen) atoms. The van der Waals surface area contributed by atoms with Gasteiger partial charge in [0.05, 0.1) is 26.2 Å². The van der Waals surface area contributed by atoms with Crippen LogP contribution < -0.4 is 14.8 Å². The summed E-state index contributed by atoms with van der Waals surface area (Å²) in [5, 5.41) is 2.85. The lowest BCUT2D eigenvalue weighted by molar-refractivity contribution is -0.117. The predicted molar refractivity (Wildman–Crippen MR) is 125 cm³/mol. The van der Waals surface area contributed by atoms with Crippen molar-refractivity contribution in [3.05, 3.63) is 83.0 Å². The van der Waals surface area contributed by atoms with E-state index in [9.17, 15) is 9.59 Å². The van der Waals surface area contributed by atoms with Gasteiger partial charge in [-0.05, 0) is 54.8 Å². The Morgan fingerprint density at radius 1 is 1.15 bits per heavy atom. The molecule has 0 fully saturated rings. The first-order valence-electron chi connectivity index (χ1n) is 10.9. The van der Waals surface area contributed by atoms with Crippen molar-refractivity contribution in [2.75, 3.05) is 19.0 Å². The molecule has 1 aliphatic rings. The Morgan fingerprint density at radius 2 is 1.97 bits per heavy atom. The number of nitrogens with zero attached hydrogens (tertiary/aromatic N) is 2. The van der Waals surface area contributed by atoms with Crippen molar-refractivity contribution in [3.63, 3.8) is 0 Å². The monoisotopic (exact) mass is 445 g/mol. The largest absolute Gasteiger partial charge is 0.493 e. The molecule has 3 aromatic rings. The minimum atomic E-state index is -0.486. The molecular weight excluding hydrogens is 418 g/mol. The SMILES string of the molecule is CCOc1ccc([C@H](CC(=O)Nc2ccc(C)cn2)N2Cc3ccccc3C2=O)cc1OC. The van der Waals surface area contributed by atoms with Crippen LogP contribution in [0.1, 0.15) is 46.4 Å². The van der Waals surface area contributed by atoms with Gasteiger partial charge in [0.2, 0.25) is 5.91 Å². The fourth-order valence-corrected chi connectivity index (χ4v) is 4.01. The van der Waals surface area contributed by atoms with Gasteiger partial charge in [0.15, 0.2) is 11.5 Å². The molecule has 0 unspecified atom stereocenters. The maximum absolute atomic E-state index is 13.2. The molecule has 1 N–H and O–H groups in total. The normalized spacial score (nSPS) is 13.4. The van der Waals surface area contributed by atoms with E-state index in [1.165, 1.54) is 0 Å². The zero-order valence-corrected chi connectivity index (χ0v) is 19.0. The molecular formula is C26H27N3O4. The molecule has 170 valence electrons. The highest BCUT2D eigenvalue weighted by Crippen LogP contribution is 2.37. The number of methoxy groups -OCH3 is 1. The van der Waals surface area contributed by atoms with Crippen molar-refractivity contribution in [1.82, 2.24) is 9.88 Å². The Balaban J connectivity index is 1.65. The minimum absolute atomic E-state index is 0.0758. The molecule has 7 heteroatoms. The smallest absolute Gasteiger partial charge is 0.255 e. The van der Waals surface area contributed by atoms with Crippen molar-refractivity contribution >= 4 is 17.6 Å². The Labute approximate surface area is 193 Å². The van der Waals surface area contributed by atoms with Gasteiger partial charge in [0, 0.05) is 18.3 Å². The highest BCUT2D eigenvalue weighted by atomic mass is 16.5. The summed E-state index contributed by atoms with van der Waals surface area (Å²) in [6.07, 6.45) is 1.78. The van der Waals surface area contributed by atoms with Gasteiger partial charge in [0.25, 0.3) is 5.91 Å². The topological polar surface area (TPSA) is 80.8 Å². The summed E-state index contributed by atoms with van der Waals surface area (Å²) in [4.78, 5) is 32.2. The van der Waals surface area contributed by atoms with Crippen LogP contribution in [0.3, 0.4) is 0 Å². The fraction of sp³-hybridized carbons (Fsp3) is 0.269. The third kappa shape index (κ3) is 4.82. The number of rotatable bonds is 8. The van der Waals surface area contributed by atoms with Crippen molar-refractivity contribution in [1.29, 1.82) is 0 Å². The minimum Gasteiger partial charge on any atom is -0.493 e. The van der Waals surface area contributed by atoms with Crippen LogP contribution in [0.4, 0.5) is 5.82 Å². The highest BCUT2D eigenvalue weighted by molar-refractivity contribution is 5.99. The molecule has 1 aliphatic heterocycles. The van der Waals surface area contributed by atoms with Gasteiger partial charge in [0.1, 0.15) is 5.82 Å². The van der Waals surface area contributed by atoms with Crippen LogP contribution in [0.5, 0.6) is 11.5 Å². The number of anilines is 1. The quantitative estimate of drug-likeness (QED) is 0.551. The number of ether oxygens (including phenoxy) is 2. The second-order valence-electron chi connectivity index (χ2n) is 7.92. The summed E-state index contributed by atoms with van der Waals surface area (Å²) in [6.45, 7) is 4.78. The molecule has 4 rings (SSSR count). The summed E-state index contributed by atoms with van der Waals surface area (Å²) >= 11 is 0. The van der Waals surface area contributed by atoms with E-state index in [1.54, 1.807) is 24.3 Å². The lowest BCUT2D eigenvalue weighted by Gasteiger charge is -2.28. The molecule has 1 atom stereocenters. The maximum atomic E-state index is 13.2. The van der Waals surface area contributed by atoms with Gasteiger partial charge in [-0.2, -0.15) is 0 Å². The number of nitrogens with one attached hydrogen (secondary N) is 1. The van der Waals surface area contributed by atoms with Crippen molar-refractivity contribution in [3.8, 4) is 11.5 Å². The number of aryl methyl sites for hydroxylation is 1. The number of amides is 2. The van der Waals surface area contributed by atoms with Crippen LogP contribution in [-0.4, -0.2) is 35.4 Å². The van der Waals surface area contributed by atoms with Gasteiger partial charge in [-0.25, -0.2) is 4.98 Å². The maximum Gasteiger partial charge on any atom is 0.255 e. The molecule has 7 nitrogen and oxygen atoms in total. The van der Waals surface area contributed by atoms with Gasteiger partial charge in [-0.1, -0.05) is 30.3 Å². The van der Waals surface area contributed by atoms with Crippen molar-refractivity contribution in [2.45, 2.75) is 32.9 Å². The summed E-state index contributed by atoms with van der Waals surface area (Å²) in [7, 11) is 1.57. The van der Waals surface area contributed by atoms with Crippen LogP contribution in [0.15, 0.2) is 60.8 Å². The molecule has 0 saturated heterocycles. The molecule has 0 radical (unpaired) electrons. The number of benzene rings is 2. The molecule has 0 saturated carbocycles. The first kappa shape index (κ1) is 22.3. The zero-order valence-electron chi connectivity index (χ0n) is 19.0. The summed E-state index contributed by atoms with van der Waals surface area (Å²) < 4.78 is 11.1. The van der Waals surface area contributed by atoms with E-state index < -0.39 is 6.04 Å². The van der Waals surface area contributed by atoms with Crippen molar-refractivity contribution in [2.24, 2.45) is 0 Å². The molecule has 2 heterocycles. The number of fused-ring (bicyclic) bond motifs is 1. The predicted octanol–water partition coefficient (Wildman–Crippen LogP) is 4.52. The Morgan fingerprint density at radius 3 is 2.67 bits per heavy atom. The lowest BCUT2D eigenvalue weighted by atomic mass is 10.0. The molecule has 0 bridgehead atoms. The van der Waals surface area contributed by atoms with E-state index in [2.05, 4.69) is 10.3 Å². The van der Waals surface area contributed by atoms with Crippen LogP contribution >= 0.6 is 0 Å². The fourth-order valence-electron chi connectivity index (χ4n) is 4.01. The highest BCUT2D eigenvalue weighted by Gasteiger charge is 2.35. The number of pyridine rings is 1. The van der Waals surface area contributed by atoms with Gasteiger partial charge in [-0.3, -0.25) is 9.59 Å². The first-order chi connectivity index (χ1) is 16.0. The number of hydrogen-bond donors (Lipinski definition) is 1. The molecule has 2 aromatic carbocycles. The average Bonchev–Trinajstić information content (AvgIpc) is 3.16. The Kier molecular flexibility index (Phi) is 6.58. The first-order valence-corrected chi connectivity index (χ1v) is 10.9. The molecule has 2 amide bonds. The zero-order chi connectivity index (χ0) is 23.4. The average molecular weight is 446 g/mol. The van der Waals surface area contributed by atoms with Gasteiger partial charge < -0.3 is 19.7 Å². The molecule has 0 aliphatic carbocycles. The Bertz CT molecular complexity index is 1160. The number of hydrogen-bond acceptors (Lipinski definition) is 5. The van der Waals surface area contributed by atoms with E-state index >= 15 is 0 Å². The van der Waals surface area contributed by atoms with Gasteiger partial charge in [-0.15, -0.1) is 0 Å². The summed E-state index contributed by atoms with van der Waals surface area (Å²) in [5.74, 6) is 1.33. The van der Waals surface area contributed by atoms with Crippen LogP contribution in [0.25, 0.3) is 0 Å². The van der Waals surface area contributed by atoms with E-state index in [1.807, 2.05) is 62.4 Å². The van der Waals surface area contributed by atoms with E-state index in [0.29, 0.717) is 36.0 Å². The summed E-state index contributed by atoms with van der Waals surface area (Å²) in [5.41, 5.74) is 3.42. The van der Waals surface area contributed by atoms with Crippen LogP contribution in [0, 0.1) is 6.92 Å². The summed E-state index contributed by atoms with van der Waals surface area (Å²) in [6, 6.07) is 16.2. The van der Waals surface area contributed by atoms with E-state index in [-0.39, 0.29) is 18.2 Å². The molecule has 0 spiro atoms. The second kappa shape index (κ2) is 9.73. The van der Waals surface area contributed by atoms with Crippen LogP contribution in [-0.2, 0) is 11.3 Å². The second-order valence-corrected chi connectivity index (χ2v) is 7.92. The number of carbonyl (C=O) groups is 2. The van der Waals surface area contributed by atoms with E-state index in [0.717, 1.165) is 16.7 Å². The lowest BCUT2D eigenvalue weighted by Crippen LogP contribution is -2.32. The number of carbonyl (C=O) groups excluding carboxylic acids is 2. The third-order valence-corrected chi connectivity index (χ3v) is 5.66. The standard InChI is InChI=1S/C26H27N3O4/c1-4-33-22-11-10-18(13-23(22)32-3)21(14-25(30)28-24-12-9-17(2)15-27-24)29-16-19-7-5-6-8-20(19)26(29)31/h5-13,15,21H,4,14,16H2,1-3H3,(H,27,28,30)/t21-/m0/s1. The van der Waals surface area contributed by atoms with Crippen molar-refractivity contribution < 1.29 is 19.1 Å².